The molecular weight excluding hydrogens is 192 g/mol. The highest BCUT2D eigenvalue weighted by molar-refractivity contribution is 5.91. The van der Waals surface area contributed by atoms with Crippen LogP contribution >= 0.6 is 0 Å². The summed E-state index contributed by atoms with van der Waals surface area (Å²) in [5.74, 6) is 0.567. The summed E-state index contributed by atoms with van der Waals surface area (Å²) in [5.41, 5.74) is 5.82. The van der Waals surface area contributed by atoms with Crippen molar-refractivity contribution in [3.05, 3.63) is 18.3 Å². The second kappa shape index (κ2) is 5.31. The van der Waals surface area contributed by atoms with Crippen LogP contribution in [0.5, 0.6) is 0 Å². The minimum Gasteiger partial charge on any atom is -0.368 e. The quantitative estimate of drug-likeness (QED) is 0.683. The molecule has 4 N–H and O–H groups in total. The molecule has 1 aromatic heterocycles. The van der Waals surface area contributed by atoms with Crippen molar-refractivity contribution in [3.8, 4) is 0 Å². The lowest BCUT2D eigenvalue weighted by Gasteiger charge is -2.09. The normalized spacial score (nSPS) is 10.1. The van der Waals surface area contributed by atoms with E-state index in [9.17, 15) is 4.79 Å². The zero-order chi connectivity index (χ0) is 11.3. The maximum absolute atomic E-state index is 11.0. The average molecular weight is 208 g/mol. The molecule has 0 saturated heterocycles. The van der Waals surface area contributed by atoms with Gasteiger partial charge in [0.1, 0.15) is 5.82 Å². The summed E-state index contributed by atoms with van der Waals surface area (Å²) in [4.78, 5) is 15.1. The average Bonchev–Trinajstić information content (AvgIpc) is 2.20. The second-order valence-corrected chi connectivity index (χ2v) is 3.48. The van der Waals surface area contributed by atoms with Crippen LogP contribution in [0.15, 0.2) is 18.3 Å². The van der Waals surface area contributed by atoms with Gasteiger partial charge in [-0.15, -0.1) is 0 Å². The molecule has 5 nitrogen and oxygen atoms in total. The van der Waals surface area contributed by atoms with E-state index >= 15 is 0 Å². The van der Waals surface area contributed by atoms with E-state index in [0.717, 1.165) is 5.82 Å². The molecular formula is C10H16N4O. The summed E-state index contributed by atoms with van der Waals surface area (Å²) in [7, 11) is 0. The predicted octanol–water partition coefficient (Wildman–Crippen LogP) is 0.799. The first kappa shape index (κ1) is 11.5. The molecule has 0 spiro atoms. The molecule has 15 heavy (non-hydrogen) atoms. The van der Waals surface area contributed by atoms with E-state index in [4.69, 9.17) is 5.73 Å². The SMILES string of the molecule is CC(C)Nc1ccc(NC(=O)CN)cn1. The summed E-state index contributed by atoms with van der Waals surface area (Å²) in [6.45, 7) is 4.05. The van der Waals surface area contributed by atoms with Crippen molar-refractivity contribution in [2.75, 3.05) is 17.2 Å². The highest BCUT2D eigenvalue weighted by Crippen LogP contribution is 2.10. The van der Waals surface area contributed by atoms with Crippen molar-refractivity contribution in [1.29, 1.82) is 0 Å². The summed E-state index contributed by atoms with van der Waals surface area (Å²) >= 11 is 0. The molecule has 1 rings (SSSR count). The number of nitrogens with zero attached hydrogens (tertiary/aromatic N) is 1. The third kappa shape index (κ3) is 3.95. The molecule has 0 fully saturated rings. The maximum atomic E-state index is 11.0. The number of rotatable bonds is 4. The zero-order valence-electron chi connectivity index (χ0n) is 8.95. The molecule has 5 heteroatoms. The minimum absolute atomic E-state index is 0.0218. The van der Waals surface area contributed by atoms with Gasteiger partial charge in [-0.2, -0.15) is 0 Å². The molecule has 0 unspecified atom stereocenters. The number of carbonyl (C=O) groups is 1. The predicted molar refractivity (Wildman–Crippen MR) is 60.7 cm³/mol. The van der Waals surface area contributed by atoms with Gasteiger partial charge in [0.15, 0.2) is 0 Å². The van der Waals surface area contributed by atoms with Gasteiger partial charge in [-0.1, -0.05) is 0 Å². The number of pyridine rings is 1. The lowest BCUT2D eigenvalue weighted by molar-refractivity contribution is -0.114. The summed E-state index contributed by atoms with van der Waals surface area (Å²) < 4.78 is 0. The van der Waals surface area contributed by atoms with Crippen LogP contribution in [-0.4, -0.2) is 23.5 Å². The van der Waals surface area contributed by atoms with Crippen LogP contribution in [0.3, 0.4) is 0 Å². The number of anilines is 2. The lowest BCUT2D eigenvalue weighted by Crippen LogP contribution is -2.21. The van der Waals surface area contributed by atoms with E-state index in [1.165, 1.54) is 0 Å². The Labute approximate surface area is 89.1 Å². The molecule has 82 valence electrons. The smallest absolute Gasteiger partial charge is 0.238 e. The van der Waals surface area contributed by atoms with E-state index in [-0.39, 0.29) is 12.5 Å². The van der Waals surface area contributed by atoms with Gasteiger partial charge in [0.25, 0.3) is 0 Å². The van der Waals surface area contributed by atoms with Gasteiger partial charge >= 0.3 is 0 Å². The van der Waals surface area contributed by atoms with Crippen molar-refractivity contribution in [1.82, 2.24) is 4.98 Å². The molecule has 0 bridgehead atoms. The molecule has 0 radical (unpaired) electrons. The summed E-state index contributed by atoms with van der Waals surface area (Å²) in [5, 5.41) is 5.77. The molecule has 0 aliphatic heterocycles. The minimum atomic E-state index is -0.221. The van der Waals surface area contributed by atoms with E-state index in [1.54, 1.807) is 12.3 Å². The molecule has 0 aliphatic rings. The van der Waals surface area contributed by atoms with Gasteiger partial charge in [-0.25, -0.2) is 4.98 Å². The highest BCUT2D eigenvalue weighted by atomic mass is 16.1. The van der Waals surface area contributed by atoms with Gasteiger partial charge in [-0.05, 0) is 26.0 Å². The van der Waals surface area contributed by atoms with Crippen molar-refractivity contribution < 1.29 is 4.79 Å². The fraction of sp³-hybridized carbons (Fsp3) is 0.400. The van der Waals surface area contributed by atoms with E-state index in [1.807, 2.05) is 19.9 Å². The number of aromatic nitrogens is 1. The number of hydrogen-bond donors (Lipinski definition) is 3. The van der Waals surface area contributed by atoms with Gasteiger partial charge in [-0.3, -0.25) is 4.79 Å². The number of amides is 1. The monoisotopic (exact) mass is 208 g/mol. The van der Waals surface area contributed by atoms with Crippen LogP contribution in [0.4, 0.5) is 11.5 Å². The Morgan fingerprint density at radius 3 is 2.73 bits per heavy atom. The van der Waals surface area contributed by atoms with Crippen molar-refractivity contribution in [3.63, 3.8) is 0 Å². The van der Waals surface area contributed by atoms with Crippen molar-refractivity contribution in [2.24, 2.45) is 5.73 Å². The van der Waals surface area contributed by atoms with Gasteiger partial charge in [0.05, 0.1) is 18.4 Å². The highest BCUT2D eigenvalue weighted by Gasteiger charge is 2.00. The first-order valence-electron chi connectivity index (χ1n) is 4.84. The second-order valence-electron chi connectivity index (χ2n) is 3.48. The van der Waals surface area contributed by atoms with Crippen LogP contribution in [0.1, 0.15) is 13.8 Å². The Morgan fingerprint density at radius 1 is 1.53 bits per heavy atom. The van der Waals surface area contributed by atoms with Crippen molar-refractivity contribution >= 4 is 17.4 Å². The van der Waals surface area contributed by atoms with Gasteiger partial charge in [0, 0.05) is 6.04 Å². The molecule has 0 aromatic carbocycles. The van der Waals surface area contributed by atoms with Crippen LogP contribution in [0.25, 0.3) is 0 Å². The van der Waals surface area contributed by atoms with Crippen LogP contribution < -0.4 is 16.4 Å². The summed E-state index contributed by atoms with van der Waals surface area (Å²) in [6, 6.07) is 3.93. The number of nitrogens with one attached hydrogen (secondary N) is 2. The fourth-order valence-electron chi connectivity index (χ4n) is 1.06. The first-order chi connectivity index (χ1) is 7.11. The van der Waals surface area contributed by atoms with E-state index < -0.39 is 0 Å². The largest absolute Gasteiger partial charge is 0.368 e. The van der Waals surface area contributed by atoms with E-state index in [2.05, 4.69) is 15.6 Å². The molecule has 1 amide bonds. The zero-order valence-corrected chi connectivity index (χ0v) is 8.95. The standard InChI is InChI=1S/C10H16N4O/c1-7(2)13-9-4-3-8(6-12-9)14-10(15)5-11/h3-4,6-7H,5,11H2,1-2H3,(H,12,13)(H,14,15). The maximum Gasteiger partial charge on any atom is 0.238 e. The Morgan fingerprint density at radius 2 is 2.27 bits per heavy atom. The topological polar surface area (TPSA) is 80.0 Å². The Hall–Kier alpha value is -1.62. The molecule has 1 heterocycles. The first-order valence-corrected chi connectivity index (χ1v) is 4.84. The van der Waals surface area contributed by atoms with Gasteiger partial charge < -0.3 is 16.4 Å². The molecule has 0 saturated carbocycles. The molecule has 0 aliphatic carbocycles. The van der Waals surface area contributed by atoms with Crippen LogP contribution in [-0.2, 0) is 4.79 Å². The Bertz CT molecular complexity index is 321. The van der Waals surface area contributed by atoms with E-state index in [0.29, 0.717) is 11.7 Å². The number of hydrogen-bond acceptors (Lipinski definition) is 4. The third-order valence-corrected chi connectivity index (χ3v) is 1.67. The molecule has 0 atom stereocenters. The van der Waals surface area contributed by atoms with Crippen molar-refractivity contribution in [2.45, 2.75) is 19.9 Å². The fourth-order valence-corrected chi connectivity index (χ4v) is 1.06. The number of nitrogens with two attached hydrogens (primary N) is 1. The number of carbonyl (C=O) groups excluding carboxylic acids is 1. The summed E-state index contributed by atoms with van der Waals surface area (Å²) in [6.07, 6.45) is 1.60. The van der Waals surface area contributed by atoms with Crippen LogP contribution in [0, 0.1) is 0 Å². The van der Waals surface area contributed by atoms with Crippen LogP contribution in [0.2, 0.25) is 0 Å². The third-order valence-electron chi connectivity index (χ3n) is 1.67. The Balaban J connectivity index is 2.60. The molecule has 1 aromatic rings. The lowest BCUT2D eigenvalue weighted by atomic mass is 10.3. The Kier molecular flexibility index (Phi) is 4.05. The van der Waals surface area contributed by atoms with Gasteiger partial charge in [0.2, 0.25) is 5.91 Å².